The average molecular weight is 271 g/mol. The van der Waals surface area contributed by atoms with Crippen molar-refractivity contribution in [2.24, 2.45) is 0 Å². The second kappa shape index (κ2) is 6.56. The first-order valence-electron chi connectivity index (χ1n) is 6.31. The van der Waals surface area contributed by atoms with E-state index in [1.165, 1.54) is 6.20 Å². The Hall–Kier alpha value is -2.56. The van der Waals surface area contributed by atoms with Gasteiger partial charge < -0.3 is 15.8 Å². The maximum absolute atomic E-state index is 11.8. The molecule has 0 unspecified atom stereocenters. The lowest BCUT2D eigenvalue weighted by molar-refractivity contribution is 0.0954. The van der Waals surface area contributed by atoms with Crippen molar-refractivity contribution < 1.29 is 9.53 Å². The smallest absolute Gasteiger partial charge is 0.252 e. The summed E-state index contributed by atoms with van der Waals surface area (Å²) < 4.78 is 5.09. The molecule has 20 heavy (non-hydrogen) atoms. The van der Waals surface area contributed by atoms with Gasteiger partial charge in [-0.3, -0.25) is 4.79 Å². The molecular formula is C15H17N3O2. The van der Waals surface area contributed by atoms with Crippen LogP contribution < -0.4 is 15.8 Å². The van der Waals surface area contributed by atoms with E-state index in [2.05, 4.69) is 10.3 Å². The number of hydrogen-bond donors (Lipinski definition) is 2. The molecule has 1 aromatic heterocycles. The molecule has 1 aromatic carbocycles. The number of amides is 1. The molecule has 0 aliphatic rings. The number of pyridine rings is 1. The third kappa shape index (κ3) is 3.71. The highest BCUT2D eigenvalue weighted by molar-refractivity contribution is 5.93. The number of aromatic nitrogens is 1. The molecule has 0 radical (unpaired) electrons. The Labute approximate surface area is 117 Å². The van der Waals surface area contributed by atoms with Gasteiger partial charge in [0.1, 0.15) is 11.6 Å². The molecule has 104 valence electrons. The zero-order valence-electron chi connectivity index (χ0n) is 11.3. The lowest BCUT2D eigenvalue weighted by atomic mass is 10.1. The molecule has 1 heterocycles. The van der Waals surface area contributed by atoms with E-state index in [4.69, 9.17) is 10.5 Å². The predicted octanol–water partition coefficient (Wildman–Crippen LogP) is 1.64. The molecule has 0 atom stereocenters. The number of carbonyl (C=O) groups is 1. The number of nitrogens with zero attached hydrogens (tertiary/aromatic N) is 1. The maximum Gasteiger partial charge on any atom is 0.252 e. The second-order valence-corrected chi connectivity index (χ2v) is 4.33. The van der Waals surface area contributed by atoms with Gasteiger partial charge in [0.2, 0.25) is 0 Å². The van der Waals surface area contributed by atoms with Gasteiger partial charge in [0, 0.05) is 12.7 Å². The molecule has 1 amide bonds. The molecule has 2 aromatic rings. The van der Waals surface area contributed by atoms with Gasteiger partial charge in [0.15, 0.2) is 0 Å². The Morgan fingerprint density at radius 2 is 2.00 bits per heavy atom. The Morgan fingerprint density at radius 1 is 1.25 bits per heavy atom. The average Bonchev–Trinajstić information content (AvgIpc) is 2.48. The fourth-order valence-electron chi connectivity index (χ4n) is 1.75. The van der Waals surface area contributed by atoms with Gasteiger partial charge in [-0.25, -0.2) is 4.98 Å². The van der Waals surface area contributed by atoms with E-state index in [0.717, 1.165) is 17.7 Å². The topological polar surface area (TPSA) is 77.2 Å². The first-order chi connectivity index (χ1) is 9.69. The Balaban J connectivity index is 1.82. The molecule has 2 rings (SSSR count). The van der Waals surface area contributed by atoms with Gasteiger partial charge in [-0.2, -0.15) is 0 Å². The first kappa shape index (κ1) is 13.9. The zero-order valence-corrected chi connectivity index (χ0v) is 11.3. The van der Waals surface area contributed by atoms with Crippen LogP contribution in [-0.4, -0.2) is 24.5 Å². The molecular weight excluding hydrogens is 254 g/mol. The van der Waals surface area contributed by atoms with E-state index in [1.807, 2.05) is 24.3 Å². The lowest BCUT2D eigenvalue weighted by Gasteiger charge is -2.06. The van der Waals surface area contributed by atoms with Crippen LogP contribution in [0.3, 0.4) is 0 Å². The number of carbonyl (C=O) groups excluding carboxylic acids is 1. The third-order valence-electron chi connectivity index (χ3n) is 2.91. The van der Waals surface area contributed by atoms with Crippen LogP contribution in [0.15, 0.2) is 42.6 Å². The molecule has 3 N–H and O–H groups in total. The van der Waals surface area contributed by atoms with E-state index in [-0.39, 0.29) is 5.91 Å². The third-order valence-corrected chi connectivity index (χ3v) is 2.91. The molecule has 0 saturated carbocycles. The van der Waals surface area contributed by atoms with Crippen LogP contribution in [0.2, 0.25) is 0 Å². The molecule has 0 saturated heterocycles. The zero-order chi connectivity index (χ0) is 14.4. The van der Waals surface area contributed by atoms with E-state index in [9.17, 15) is 4.79 Å². The fraction of sp³-hybridized carbons (Fsp3) is 0.200. The van der Waals surface area contributed by atoms with Gasteiger partial charge in [-0.05, 0) is 36.2 Å². The van der Waals surface area contributed by atoms with Crippen LogP contribution in [0.1, 0.15) is 15.9 Å². The minimum absolute atomic E-state index is 0.147. The maximum atomic E-state index is 11.8. The van der Waals surface area contributed by atoms with Crippen molar-refractivity contribution in [3.05, 3.63) is 53.7 Å². The first-order valence-corrected chi connectivity index (χ1v) is 6.31. The Morgan fingerprint density at radius 3 is 2.60 bits per heavy atom. The molecule has 5 nitrogen and oxygen atoms in total. The lowest BCUT2D eigenvalue weighted by Crippen LogP contribution is -2.25. The summed E-state index contributed by atoms with van der Waals surface area (Å²) in [6.07, 6.45) is 2.23. The number of methoxy groups -OCH3 is 1. The van der Waals surface area contributed by atoms with Crippen molar-refractivity contribution in [2.45, 2.75) is 6.42 Å². The van der Waals surface area contributed by atoms with Crippen LogP contribution in [0, 0.1) is 0 Å². The van der Waals surface area contributed by atoms with Gasteiger partial charge in [-0.1, -0.05) is 12.1 Å². The monoisotopic (exact) mass is 271 g/mol. The summed E-state index contributed by atoms with van der Waals surface area (Å²) in [4.78, 5) is 15.7. The SMILES string of the molecule is COc1ccc(CCNC(=O)c2ccc(N)nc2)cc1. The number of nitrogens with one attached hydrogen (secondary N) is 1. The summed E-state index contributed by atoms with van der Waals surface area (Å²) in [6, 6.07) is 11.0. The van der Waals surface area contributed by atoms with Crippen molar-refractivity contribution in [3.63, 3.8) is 0 Å². The minimum atomic E-state index is -0.147. The number of rotatable bonds is 5. The second-order valence-electron chi connectivity index (χ2n) is 4.33. The molecule has 0 fully saturated rings. The van der Waals surface area contributed by atoms with Crippen molar-refractivity contribution in [2.75, 3.05) is 19.4 Å². The number of hydrogen-bond acceptors (Lipinski definition) is 4. The quantitative estimate of drug-likeness (QED) is 0.866. The Kier molecular flexibility index (Phi) is 4.55. The van der Waals surface area contributed by atoms with Crippen LogP contribution in [-0.2, 0) is 6.42 Å². The van der Waals surface area contributed by atoms with Gasteiger partial charge in [-0.15, -0.1) is 0 Å². The predicted molar refractivity (Wildman–Crippen MR) is 77.7 cm³/mol. The van der Waals surface area contributed by atoms with Crippen molar-refractivity contribution in [3.8, 4) is 5.75 Å². The summed E-state index contributed by atoms with van der Waals surface area (Å²) >= 11 is 0. The molecule has 0 aliphatic heterocycles. The summed E-state index contributed by atoms with van der Waals surface area (Å²) in [6.45, 7) is 0.565. The number of benzene rings is 1. The fourth-order valence-corrected chi connectivity index (χ4v) is 1.75. The Bertz CT molecular complexity index is 565. The van der Waals surface area contributed by atoms with E-state index < -0.39 is 0 Å². The number of ether oxygens (including phenoxy) is 1. The minimum Gasteiger partial charge on any atom is -0.497 e. The van der Waals surface area contributed by atoms with Crippen LogP contribution in [0.25, 0.3) is 0 Å². The van der Waals surface area contributed by atoms with E-state index >= 15 is 0 Å². The summed E-state index contributed by atoms with van der Waals surface area (Å²) in [5, 5.41) is 2.84. The standard InChI is InChI=1S/C15H17N3O2/c1-20-13-5-2-11(3-6-13)8-9-17-15(19)12-4-7-14(16)18-10-12/h2-7,10H,8-9H2,1H3,(H2,16,18)(H,17,19). The van der Waals surface area contributed by atoms with Crippen LogP contribution >= 0.6 is 0 Å². The summed E-state index contributed by atoms with van der Waals surface area (Å²) in [7, 11) is 1.63. The van der Waals surface area contributed by atoms with Crippen LogP contribution in [0.4, 0.5) is 5.82 Å². The van der Waals surface area contributed by atoms with Crippen molar-refractivity contribution >= 4 is 11.7 Å². The number of anilines is 1. The van der Waals surface area contributed by atoms with Gasteiger partial charge >= 0.3 is 0 Å². The highest BCUT2D eigenvalue weighted by Crippen LogP contribution is 2.11. The summed E-state index contributed by atoms with van der Waals surface area (Å²) in [5.41, 5.74) is 7.12. The van der Waals surface area contributed by atoms with Crippen molar-refractivity contribution in [1.29, 1.82) is 0 Å². The molecule has 0 bridgehead atoms. The highest BCUT2D eigenvalue weighted by atomic mass is 16.5. The molecule has 5 heteroatoms. The van der Waals surface area contributed by atoms with E-state index in [1.54, 1.807) is 19.2 Å². The molecule has 0 aliphatic carbocycles. The van der Waals surface area contributed by atoms with Crippen LogP contribution in [0.5, 0.6) is 5.75 Å². The van der Waals surface area contributed by atoms with Gasteiger partial charge in [0.05, 0.1) is 12.7 Å². The van der Waals surface area contributed by atoms with Crippen molar-refractivity contribution in [1.82, 2.24) is 10.3 Å². The largest absolute Gasteiger partial charge is 0.497 e. The number of nitrogen functional groups attached to an aromatic ring is 1. The van der Waals surface area contributed by atoms with E-state index in [0.29, 0.717) is 17.9 Å². The normalized spacial score (nSPS) is 10.1. The van der Waals surface area contributed by atoms with Gasteiger partial charge in [0.25, 0.3) is 5.91 Å². The summed E-state index contributed by atoms with van der Waals surface area (Å²) in [5.74, 6) is 1.08. The number of nitrogens with two attached hydrogens (primary N) is 1. The molecule has 0 spiro atoms. The highest BCUT2D eigenvalue weighted by Gasteiger charge is 2.05.